The second-order valence-corrected chi connectivity index (χ2v) is 6.27. The molecule has 0 spiro atoms. The van der Waals surface area contributed by atoms with Gasteiger partial charge in [0.25, 0.3) is 5.91 Å². The number of hydrogen-bond acceptors (Lipinski definition) is 3. The van der Waals surface area contributed by atoms with Crippen molar-refractivity contribution in [2.45, 2.75) is 25.4 Å². The average Bonchev–Trinajstić information content (AvgIpc) is 2.59. The molecule has 23 heavy (non-hydrogen) atoms. The van der Waals surface area contributed by atoms with Crippen LogP contribution in [-0.2, 0) is 6.54 Å². The molecule has 1 amide bonds. The quantitative estimate of drug-likeness (QED) is 0.877. The van der Waals surface area contributed by atoms with E-state index >= 15 is 0 Å². The molecule has 4 nitrogen and oxygen atoms in total. The Hall–Kier alpha value is -1.91. The topological polar surface area (TPSA) is 45.2 Å². The van der Waals surface area contributed by atoms with E-state index in [1.807, 2.05) is 48.7 Å². The summed E-state index contributed by atoms with van der Waals surface area (Å²) in [7, 11) is 0. The molecule has 120 valence electrons. The number of nitrogens with zero attached hydrogens (tertiary/aromatic N) is 2. The second kappa shape index (κ2) is 7.57. The van der Waals surface area contributed by atoms with Crippen LogP contribution in [-0.4, -0.2) is 34.9 Å². The summed E-state index contributed by atoms with van der Waals surface area (Å²) in [5, 5.41) is 3.66. The van der Waals surface area contributed by atoms with Crippen molar-refractivity contribution in [3.05, 3.63) is 64.9 Å². The second-order valence-electron chi connectivity index (χ2n) is 5.88. The van der Waals surface area contributed by atoms with E-state index in [1.165, 1.54) is 5.56 Å². The van der Waals surface area contributed by atoms with Gasteiger partial charge in [-0.1, -0.05) is 35.9 Å². The fourth-order valence-corrected chi connectivity index (χ4v) is 2.96. The first-order chi connectivity index (χ1) is 11.2. The third-order valence-electron chi connectivity index (χ3n) is 4.15. The highest BCUT2D eigenvalue weighted by Crippen LogP contribution is 2.15. The van der Waals surface area contributed by atoms with Gasteiger partial charge in [-0.3, -0.25) is 9.69 Å². The van der Waals surface area contributed by atoms with Gasteiger partial charge in [0, 0.05) is 37.4 Å². The molecule has 0 bridgehead atoms. The number of hydrogen-bond donors (Lipinski definition) is 1. The van der Waals surface area contributed by atoms with E-state index in [2.05, 4.69) is 15.2 Å². The van der Waals surface area contributed by atoms with E-state index in [4.69, 9.17) is 11.6 Å². The number of nitrogens with one attached hydrogen (secondary N) is 1. The van der Waals surface area contributed by atoms with Gasteiger partial charge in [0.05, 0.1) is 0 Å². The van der Waals surface area contributed by atoms with Gasteiger partial charge in [-0.2, -0.15) is 0 Å². The Kier molecular flexibility index (Phi) is 5.26. The first kappa shape index (κ1) is 16.0. The Bertz CT molecular complexity index is 637. The molecule has 0 saturated carbocycles. The summed E-state index contributed by atoms with van der Waals surface area (Å²) in [4.78, 5) is 18.7. The Balaban J connectivity index is 1.47. The zero-order valence-electron chi connectivity index (χ0n) is 12.9. The first-order valence-electron chi connectivity index (χ1n) is 7.89. The Labute approximate surface area is 141 Å². The van der Waals surface area contributed by atoms with Crippen LogP contribution in [0, 0.1) is 0 Å². The summed E-state index contributed by atoms with van der Waals surface area (Å²) in [6.07, 6.45) is 3.77. The van der Waals surface area contributed by atoms with Crippen LogP contribution in [0.15, 0.2) is 48.7 Å². The lowest BCUT2D eigenvalue weighted by atomic mass is 10.0. The van der Waals surface area contributed by atoms with Gasteiger partial charge in [0.1, 0.15) is 5.15 Å². The van der Waals surface area contributed by atoms with E-state index in [1.54, 1.807) is 0 Å². The summed E-state index contributed by atoms with van der Waals surface area (Å²) in [5.74, 6) is 0.0194. The number of carbonyl (C=O) groups excluding carboxylic acids is 1. The molecule has 0 atom stereocenters. The molecule has 0 unspecified atom stereocenters. The van der Waals surface area contributed by atoms with E-state index in [0.717, 1.165) is 38.0 Å². The van der Waals surface area contributed by atoms with Gasteiger partial charge in [0.2, 0.25) is 0 Å². The zero-order chi connectivity index (χ0) is 16.1. The van der Waals surface area contributed by atoms with Crippen molar-refractivity contribution in [2.75, 3.05) is 13.1 Å². The normalized spacial score (nSPS) is 16.2. The van der Waals surface area contributed by atoms with Crippen molar-refractivity contribution in [2.24, 2.45) is 0 Å². The molecule has 1 N–H and O–H groups in total. The maximum absolute atomic E-state index is 12.2. The van der Waals surface area contributed by atoms with Crippen molar-refractivity contribution < 1.29 is 4.79 Å². The summed E-state index contributed by atoms with van der Waals surface area (Å²) >= 11 is 5.81. The maximum Gasteiger partial charge on any atom is 0.251 e. The monoisotopic (exact) mass is 329 g/mol. The minimum absolute atomic E-state index is 0.0194. The molecule has 0 aliphatic carbocycles. The van der Waals surface area contributed by atoms with Gasteiger partial charge in [-0.15, -0.1) is 0 Å². The number of carbonyl (C=O) groups is 1. The van der Waals surface area contributed by atoms with Gasteiger partial charge in [-0.25, -0.2) is 4.98 Å². The van der Waals surface area contributed by atoms with Crippen LogP contribution in [0.5, 0.6) is 0 Å². The van der Waals surface area contributed by atoms with Crippen LogP contribution < -0.4 is 5.32 Å². The maximum atomic E-state index is 12.2. The van der Waals surface area contributed by atoms with Gasteiger partial charge in [0.15, 0.2) is 0 Å². The summed E-state index contributed by atoms with van der Waals surface area (Å²) in [6, 6.07) is 13.5. The van der Waals surface area contributed by atoms with Crippen molar-refractivity contribution >= 4 is 17.5 Å². The minimum Gasteiger partial charge on any atom is -0.349 e. The third kappa shape index (κ3) is 4.53. The molecule has 0 radical (unpaired) electrons. The van der Waals surface area contributed by atoms with Crippen LogP contribution in [0.4, 0.5) is 0 Å². The molecule has 2 aromatic rings. The van der Waals surface area contributed by atoms with Crippen molar-refractivity contribution in [3.63, 3.8) is 0 Å². The van der Waals surface area contributed by atoms with E-state index < -0.39 is 0 Å². The van der Waals surface area contributed by atoms with E-state index in [9.17, 15) is 4.79 Å². The minimum atomic E-state index is 0.0194. The molecule has 1 aromatic heterocycles. The predicted octanol–water partition coefficient (Wildman–Crippen LogP) is 3.13. The highest BCUT2D eigenvalue weighted by atomic mass is 35.5. The molecule has 2 heterocycles. The molecule has 5 heteroatoms. The van der Waals surface area contributed by atoms with E-state index in [0.29, 0.717) is 5.15 Å². The van der Waals surface area contributed by atoms with Crippen molar-refractivity contribution in [1.29, 1.82) is 0 Å². The molecule has 1 fully saturated rings. The number of piperidine rings is 1. The van der Waals surface area contributed by atoms with Crippen molar-refractivity contribution in [1.82, 2.24) is 15.2 Å². The summed E-state index contributed by atoms with van der Waals surface area (Å²) in [6.45, 7) is 2.83. The van der Waals surface area contributed by atoms with Gasteiger partial charge in [-0.05, 0) is 36.6 Å². The number of likely N-dealkylation sites (tertiary alicyclic amines) is 1. The fourth-order valence-electron chi connectivity index (χ4n) is 2.85. The molecule has 3 rings (SSSR count). The van der Waals surface area contributed by atoms with Crippen LogP contribution in [0.1, 0.15) is 28.8 Å². The Morgan fingerprint density at radius 2 is 1.91 bits per heavy atom. The standard InChI is InChI=1S/C18H20ClN3O/c19-17-7-6-14(12-20-17)13-22-10-8-16(9-11-22)21-18(23)15-4-2-1-3-5-15/h1-7,12,16H,8-11,13H2,(H,21,23). The lowest BCUT2D eigenvalue weighted by Crippen LogP contribution is -2.44. The summed E-state index contributed by atoms with van der Waals surface area (Å²) in [5.41, 5.74) is 1.89. The van der Waals surface area contributed by atoms with Gasteiger partial charge >= 0.3 is 0 Å². The average molecular weight is 330 g/mol. The highest BCUT2D eigenvalue weighted by Gasteiger charge is 2.21. The highest BCUT2D eigenvalue weighted by molar-refractivity contribution is 6.29. The molecule has 1 aromatic carbocycles. The lowest BCUT2D eigenvalue weighted by molar-refractivity contribution is 0.0909. The Morgan fingerprint density at radius 1 is 1.17 bits per heavy atom. The number of benzene rings is 1. The van der Waals surface area contributed by atoms with Crippen molar-refractivity contribution in [3.8, 4) is 0 Å². The Morgan fingerprint density at radius 3 is 2.57 bits per heavy atom. The number of rotatable bonds is 4. The van der Waals surface area contributed by atoms with Gasteiger partial charge < -0.3 is 5.32 Å². The first-order valence-corrected chi connectivity index (χ1v) is 8.27. The molecule has 1 aliphatic rings. The number of halogens is 1. The largest absolute Gasteiger partial charge is 0.349 e. The van der Waals surface area contributed by atoms with Crippen LogP contribution in [0.25, 0.3) is 0 Å². The predicted molar refractivity (Wildman–Crippen MR) is 91.5 cm³/mol. The lowest BCUT2D eigenvalue weighted by Gasteiger charge is -2.32. The van der Waals surface area contributed by atoms with Crippen LogP contribution in [0.2, 0.25) is 5.15 Å². The summed E-state index contributed by atoms with van der Waals surface area (Å²) < 4.78 is 0. The third-order valence-corrected chi connectivity index (χ3v) is 4.38. The van der Waals surface area contributed by atoms with Crippen LogP contribution >= 0.6 is 11.6 Å². The number of aromatic nitrogens is 1. The van der Waals surface area contributed by atoms with E-state index in [-0.39, 0.29) is 11.9 Å². The molecular formula is C18H20ClN3O. The molecule has 1 aliphatic heterocycles. The number of amides is 1. The molecule has 1 saturated heterocycles. The smallest absolute Gasteiger partial charge is 0.251 e. The van der Waals surface area contributed by atoms with Crippen LogP contribution in [0.3, 0.4) is 0 Å². The SMILES string of the molecule is O=C(NC1CCN(Cc2ccc(Cl)nc2)CC1)c1ccccc1. The fraction of sp³-hybridized carbons (Fsp3) is 0.333. The number of pyridine rings is 1. The molecular weight excluding hydrogens is 310 g/mol. The zero-order valence-corrected chi connectivity index (χ0v) is 13.7.